The van der Waals surface area contributed by atoms with Gasteiger partial charge < -0.3 is 10.2 Å². The lowest BCUT2D eigenvalue weighted by Crippen LogP contribution is -2.27. The predicted octanol–water partition coefficient (Wildman–Crippen LogP) is 2.45. The minimum atomic E-state index is 0.788. The fraction of sp³-hybridized carbons (Fsp3) is 0.500. The molecular formula is C16H24N4. The Kier molecular flexibility index (Phi) is 5.89. The molecule has 0 spiro atoms. The smallest absolute Gasteiger partial charge is 0.0890 e. The van der Waals surface area contributed by atoms with Gasteiger partial charge in [0.15, 0.2) is 0 Å². The summed E-state index contributed by atoms with van der Waals surface area (Å²) in [7, 11) is 0. The van der Waals surface area contributed by atoms with E-state index in [9.17, 15) is 0 Å². The number of nitrogens with one attached hydrogen (secondary N) is 1. The van der Waals surface area contributed by atoms with Gasteiger partial charge in [-0.15, -0.1) is 0 Å². The molecule has 4 nitrogen and oxygen atoms in total. The van der Waals surface area contributed by atoms with Gasteiger partial charge in [0.05, 0.1) is 22.9 Å². The van der Waals surface area contributed by atoms with Crippen LogP contribution >= 0.6 is 0 Å². The molecule has 1 aromatic carbocycles. The summed E-state index contributed by atoms with van der Waals surface area (Å²) < 4.78 is 0. The number of benzene rings is 1. The summed E-state index contributed by atoms with van der Waals surface area (Å²) in [6, 6.07) is 7.98. The van der Waals surface area contributed by atoms with Crippen molar-refractivity contribution in [3.05, 3.63) is 36.2 Å². The molecule has 0 aliphatic rings. The van der Waals surface area contributed by atoms with Crippen LogP contribution in [0.5, 0.6) is 0 Å². The van der Waals surface area contributed by atoms with E-state index in [0.29, 0.717) is 0 Å². The second-order valence-electron chi connectivity index (χ2n) is 4.91. The van der Waals surface area contributed by atoms with Crippen LogP contribution in [0.1, 0.15) is 26.0 Å². The van der Waals surface area contributed by atoms with Gasteiger partial charge in [-0.2, -0.15) is 0 Å². The predicted molar refractivity (Wildman–Crippen MR) is 83.6 cm³/mol. The summed E-state index contributed by atoms with van der Waals surface area (Å²) in [5.41, 5.74) is 2.93. The third kappa shape index (κ3) is 4.25. The average molecular weight is 272 g/mol. The van der Waals surface area contributed by atoms with E-state index in [1.807, 2.05) is 30.5 Å². The lowest BCUT2D eigenvalue weighted by atomic mass is 10.3. The molecule has 0 atom stereocenters. The zero-order valence-corrected chi connectivity index (χ0v) is 12.5. The Labute approximate surface area is 121 Å². The topological polar surface area (TPSA) is 41.0 Å². The molecule has 1 N–H and O–H groups in total. The second kappa shape index (κ2) is 7.92. The van der Waals surface area contributed by atoms with Crippen molar-refractivity contribution in [2.75, 3.05) is 26.2 Å². The summed E-state index contributed by atoms with van der Waals surface area (Å²) in [4.78, 5) is 11.5. The summed E-state index contributed by atoms with van der Waals surface area (Å²) in [5, 5.41) is 3.44. The van der Waals surface area contributed by atoms with Crippen LogP contribution in [0, 0.1) is 0 Å². The van der Waals surface area contributed by atoms with Crippen LogP contribution in [0.25, 0.3) is 11.0 Å². The van der Waals surface area contributed by atoms with Gasteiger partial charge in [0.1, 0.15) is 0 Å². The Bertz CT molecular complexity index is 523. The van der Waals surface area contributed by atoms with Crippen LogP contribution < -0.4 is 5.32 Å². The zero-order valence-electron chi connectivity index (χ0n) is 12.5. The van der Waals surface area contributed by atoms with Gasteiger partial charge in [-0.25, -0.2) is 4.98 Å². The van der Waals surface area contributed by atoms with Gasteiger partial charge in [0.25, 0.3) is 0 Å². The van der Waals surface area contributed by atoms with Crippen molar-refractivity contribution in [3.8, 4) is 0 Å². The monoisotopic (exact) mass is 272 g/mol. The molecule has 0 radical (unpaired) electrons. The number of aromatic nitrogens is 2. The Morgan fingerprint density at radius 3 is 2.60 bits per heavy atom. The van der Waals surface area contributed by atoms with Gasteiger partial charge in [0, 0.05) is 6.54 Å². The van der Waals surface area contributed by atoms with Crippen molar-refractivity contribution in [3.63, 3.8) is 0 Å². The minimum absolute atomic E-state index is 0.788. The Morgan fingerprint density at radius 2 is 1.85 bits per heavy atom. The standard InChI is InChI=1S/C16H24N4/c1-3-20(4-2)11-7-10-17-12-14-13-18-15-8-5-6-9-16(15)19-14/h5-6,8-9,13,17H,3-4,7,10-12H2,1-2H3. The van der Waals surface area contributed by atoms with Crippen LogP contribution in [-0.2, 0) is 6.54 Å². The Balaban J connectivity index is 1.75. The summed E-state index contributed by atoms with van der Waals surface area (Å²) in [6.07, 6.45) is 3.03. The normalized spacial score (nSPS) is 11.3. The Morgan fingerprint density at radius 1 is 1.10 bits per heavy atom. The van der Waals surface area contributed by atoms with Crippen LogP contribution in [0.3, 0.4) is 0 Å². The number of nitrogens with zero attached hydrogens (tertiary/aromatic N) is 3. The average Bonchev–Trinajstić information content (AvgIpc) is 2.51. The number of hydrogen-bond acceptors (Lipinski definition) is 4. The summed E-state index contributed by atoms with van der Waals surface area (Å²) >= 11 is 0. The molecule has 0 saturated heterocycles. The maximum Gasteiger partial charge on any atom is 0.0890 e. The van der Waals surface area contributed by atoms with Crippen molar-refractivity contribution >= 4 is 11.0 Å². The van der Waals surface area contributed by atoms with E-state index in [2.05, 4.69) is 34.0 Å². The summed E-state index contributed by atoms with van der Waals surface area (Å²) in [5.74, 6) is 0. The first-order valence-electron chi connectivity index (χ1n) is 7.47. The number of fused-ring (bicyclic) bond motifs is 1. The quantitative estimate of drug-likeness (QED) is 0.749. The van der Waals surface area contributed by atoms with Crippen molar-refractivity contribution in [1.82, 2.24) is 20.2 Å². The fourth-order valence-electron chi connectivity index (χ4n) is 2.26. The molecule has 0 fully saturated rings. The first kappa shape index (κ1) is 14.9. The van der Waals surface area contributed by atoms with E-state index in [1.54, 1.807) is 0 Å². The van der Waals surface area contributed by atoms with Gasteiger partial charge in [-0.05, 0) is 44.7 Å². The highest BCUT2D eigenvalue weighted by molar-refractivity contribution is 5.73. The second-order valence-corrected chi connectivity index (χ2v) is 4.91. The van der Waals surface area contributed by atoms with E-state index in [0.717, 1.165) is 49.5 Å². The SMILES string of the molecule is CCN(CC)CCCNCc1cnc2ccccc2n1. The molecule has 1 heterocycles. The largest absolute Gasteiger partial charge is 0.311 e. The molecule has 0 amide bonds. The number of para-hydroxylation sites is 2. The van der Waals surface area contributed by atoms with E-state index in [-0.39, 0.29) is 0 Å². The first-order valence-corrected chi connectivity index (χ1v) is 7.47. The van der Waals surface area contributed by atoms with Crippen molar-refractivity contribution in [1.29, 1.82) is 0 Å². The Hall–Kier alpha value is -1.52. The molecule has 4 heteroatoms. The van der Waals surface area contributed by atoms with Crippen LogP contribution in [-0.4, -0.2) is 41.0 Å². The lowest BCUT2D eigenvalue weighted by Gasteiger charge is -2.17. The molecule has 0 aliphatic carbocycles. The molecule has 108 valence electrons. The highest BCUT2D eigenvalue weighted by atomic mass is 15.1. The molecule has 0 aliphatic heterocycles. The molecular weight excluding hydrogens is 248 g/mol. The molecule has 0 bridgehead atoms. The van der Waals surface area contributed by atoms with E-state index in [1.165, 1.54) is 6.42 Å². The van der Waals surface area contributed by atoms with Crippen LogP contribution in [0.4, 0.5) is 0 Å². The zero-order chi connectivity index (χ0) is 14.2. The van der Waals surface area contributed by atoms with Crippen molar-refractivity contribution < 1.29 is 0 Å². The van der Waals surface area contributed by atoms with Crippen molar-refractivity contribution in [2.45, 2.75) is 26.8 Å². The van der Waals surface area contributed by atoms with E-state index >= 15 is 0 Å². The highest BCUT2D eigenvalue weighted by Crippen LogP contribution is 2.08. The maximum atomic E-state index is 4.60. The van der Waals surface area contributed by atoms with Gasteiger partial charge >= 0.3 is 0 Å². The third-order valence-electron chi connectivity index (χ3n) is 3.53. The molecule has 0 saturated carbocycles. The van der Waals surface area contributed by atoms with Gasteiger partial charge in [-0.1, -0.05) is 26.0 Å². The molecule has 2 rings (SSSR count). The van der Waals surface area contributed by atoms with Gasteiger partial charge in [-0.3, -0.25) is 4.98 Å². The lowest BCUT2D eigenvalue weighted by molar-refractivity contribution is 0.298. The van der Waals surface area contributed by atoms with Gasteiger partial charge in [0.2, 0.25) is 0 Å². The van der Waals surface area contributed by atoms with Crippen LogP contribution in [0.2, 0.25) is 0 Å². The maximum absolute atomic E-state index is 4.60. The summed E-state index contributed by atoms with van der Waals surface area (Å²) in [6.45, 7) is 9.65. The molecule has 0 unspecified atom stereocenters. The van der Waals surface area contributed by atoms with Crippen molar-refractivity contribution in [2.24, 2.45) is 0 Å². The van der Waals surface area contributed by atoms with E-state index < -0.39 is 0 Å². The molecule has 20 heavy (non-hydrogen) atoms. The minimum Gasteiger partial charge on any atom is -0.311 e. The van der Waals surface area contributed by atoms with Crippen LogP contribution in [0.15, 0.2) is 30.5 Å². The molecule has 1 aromatic heterocycles. The molecule has 2 aromatic rings. The van der Waals surface area contributed by atoms with E-state index in [4.69, 9.17) is 0 Å². The highest BCUT2D eigenvalue weighted by Gasteiger charge is 2.00. The number of rotatable bonds is 8. The fourth-order valence-corrected chi connectivity index (χ4v) is 2.26. The number of hydrogen-bond donors (Lipinski definition) is 1. The first-order chi connectivity index (χ1) is 9.83. The third-order valence-corrected chi connectivity index (χ3v) is 3.53.